The van der Waals surface area contributed by atoms with Gasteiger partial charge in [-0.1, -0.05) is 11.8 Å². The van der Waals surface area contributed by atoms with Gasteiger partial charge in [-0.2, -0.15) is 8.42 Å². The molecule has 0 saturated heterocycles. The van der Waals surface area contributed by atoms with Gasteiger partial charge in [0.05, 0.1) is 5.41 Å². The summed E-state index contributed by atoms with van der Waals surface area (Å²) in [6, 6.07) is 0. The smallest absolute Gasteiger partial charge is 0.279 e. The Balaban J connectivity index is 3.03. The lowest BCUT2D eigenvalue weighted by atomic mass is 10.6. The number of thioether (sulfide) groups is 1. The lowest BCUT2D eigenvalue weighted by Crippen LogP contribution is -2.23. The van der Waals surface area contributed by atoms with Crippen LogP contribution in [0.2, 0.25) is 0 Å². The summed E-state index contributed by atoms with van der Waals surface area (Å²) in [7, 11) is -3.35. The van der Waals surface area contributed by atoms with E-state index in [1.165, 1.54) is 11.8 Å². The normalized spacial score (nSPS) is 21.6. The van der Waals surface area contributed by atoms with Crippen LogP contribution in [0.4, 0.5) is 0 Å². The molecule has 1 aliphatic rings. The number of rotatable bonds is 0. The number of nitrogens with one attached hydrogen (secondary N) is 1. The molecule has 62 valence electrons. The third-order valence-corrected chi connectivity index (χ3v) is 2.82. The zero-order valence-corrected chi connectivity index (χ0v) is 7.79. The van der Waals surface area contributed by atoms with E-state index in [4.69, 9.17) is 0 Å². The van der Waals surface area contributed by atoms with Crippen LogP contribution in [0.3, 0.4) is 0 Å². The average Bonchev–Trinajstić information content (AvgIpc) is 1.83. The first-order valence-corrected chi connectivity index (χ1v) is 5.60. The fourth-order valence-corrected chi connectivity index (χ4v) is 2.38. The number of hydrogen-bond donors (Lipinski definition) is 1. The van der Waals surface area contributed by atoms with E-state index in [1.807, 2.05) is 0 Å². The lowest BCUT2D eigenvalue weighted by Gasteiger charge is -2.10. The average molecular weight is 192 g/mol. The minimum absolute atomic E-state index is 0.421. The van der Waals surface area contributed by atoms with Gasteiger partial charge in [-0.3, -0.25) is 0 Å². The topological polar surface area (TPSA) is 58.5 Å². The Morgan fingerprint density at radius 3 is 2.73 bits per heavy atom. The maximum atomic E-state index is 10.9. The molecule has 1 N–H and O–H groups in total. The van der Waals surface area contributed by atoms with E-state index < -0.39 is 10.0 Å². The van der Waals surface area contributed by atoms with Crippen molar-refractivity contribution in [1.29, 1.82) is 0 Å². The molecular weight excluding hydrogens is 184 g/mol. The quantitative estimate of drug-likeness (QED) is 0.607. The molecule has 6 heteroatoms. The van der Waals surface area contributed by atoms with Gasteiger partial charge >= 0.3 is 0 Å². The largest absolute Gasteiger partial charge is 0.337 e. The highest BCUT2D eigenvalue weighted by atomic mass is 32.2. The first-order chi connectivity index (χ1) is 5.03. The molecule has 11 heavy (non-hydrogen) atoms. The van der Waals surface area contributed by atoms with Crippen LogP contribution in [0, 0.1) is 0 Å². The van der Waals surface area contributed by atoms with Crippen molar-refractivity contribution in [1.82, 2.24) is 5.32 Å². The van der Waals surface area contributed by atoms with Gasteiger partial charge in [0.1, 0.15) is 0 Å². The Morgan fingerprint density at radius 1 is 1.64 bits per heavy atom. The maximum absolute atomic E-state index is 10.9. The van der Waals surface area contributed by atoms with Crippen molar-refractivity contribution in [3.8, 4) is 0 Å². The van der Waals surface area contributed by atoms with E-state index in [9.17, 15) is 8.42 Å². The summed E-state index contributed by atoms with van der Waals surface area (Å²) in [6.45, 7) is 1.68. The van der Waals surface area contributed by atoms with Gasteiger partial charge in [0.15, 0.2) is 5.17 Å². The zero-order chi connectivity index (χ0) is 8.48. The molecule has 0 unspecified atom stereocenters. The summed E-state index contributed by atoms with van der Waals surface area (Å²) < 4.78 is 25.3. The first kappa shape index (κ1) is 8.61. The number of allylic oxidation sites excluding steroid dienone is 1. The van der Waals surface area contributed by atoms with Gasteiger partial charge < -0.3 is 5.32 Å². The van der Waals surface area contributed by atoms with Gasteiger partial charge in [-0.15, -0.1) is 4.40 Å². The van der Waals surface area contributed by atoms with Gasteiger partial charge in [-0.25, -0.2) is 0 Å². The molecule has 1 heterocycles. The lowest BCUT2D eigenvalue weighted by molar-refractivity contribution is 0.605. The van der Waals surface area contributed by atoms with E-state index in [2.05, 4.69) is 9.71 Å². The molecule has 0 aliphatic carbocycles. The van der Waals surface area contributed by atoms with Crippen LogP contribution in [-0.4, -0.2) is 19.8 Å². The van der Waals surface area contributed by atoms with Crippen molar-refractivity contribution < 1.29 is 8.42 Å². The van der Waals surface area contributed by atoms with Crippen molar-refractivity contribution in [2.75, 3.05) is 6.26 Å². The number of nitrogens with zero attached hydrogens (tertiary/aromatic N) is 1. The second-order valence-electron chi connectivity index (χ2n) is 2.04. The second kappa shape index (κ2) is 2.86. The molecule has 4 nitrogen and oxygen atoms in total. The van der Waals surface area contributed by atoms with Crippen LogP contribution in [0.25, 0.3) is 0 Å². The van der Waals surface area contributed by atoms with E-state index in [0.29, 0.717) is 10.9 Å². The van der Waals surface area contributed by atoms with Crippen LogP contribution in [-0.2, 0) is 10.0 Å². The molecule has 0 atom stereocenters. The van der Waals surface area contributed by atoms with E-state index in [0.717, 1.165) is 5.41 Å². The highest BCUT2D eigenvalue weighted by Crippen LogP contribution is 2.10. The summed E-state index contributed by atoms with van der Waals surface area (Å²) in [5.74, 6) is 0. The predicted molar refractivity (Wildman–Crippen MR) is 46.8 cm³/mol. The zero-order valence-electron chi connectivity index (χ0n) is 6.16. The minimum atomic E-state index is -3.35. The Labute approximate surface area is 69.8 Å². The fourth-order valence-electron chi connectivity index (χ4n) is 0.675. The molecule has 0 aromatic heterocycles. The summed E-state index contributed by atoms with van der Waals surface area (Å²) >= 11 is 1.27. The fraction of sp³-hybridized carbons (Fsp3) is 0.400. The number of sulfonamides is 1. The van der Waals surface area contributed by atoms with Crippen LogP contribution in [0.15, 0.2) is 15.5 Å². The number of hydrogen-bond acceptors (Lipinski definition) is 4. The van der Waals surface area contributed by atoms with Crippen molar-refractivity contribution in [2.24, 2.45) is 4.40 Å². The third-order valence-electron chi connectivity index (χ3n) is 1.03. The summed E-state index contributed by atoms with van der Waals surface area (Å²) in [5.41, 5.74) is 0.601. The molecular formula is C5H8N2O2S2. The minimum Gasteiger partial charge on any atom is -0.337 e. The van der Waals surface area contributed by atoms with Crippen LogP contribution in [0.5, 0.6) is 0 Å². The van der Waals surface area contributed by atoms with Crippen molar-refractivity contribution >= 4 is 27.0 Å². The molecule has 0 saturated carbocycles. The summed E-state index contributed by atoms with van der Waals surface area (Å²) in [5, 5.41) is 4.34. The third kappa shape index (κ3) is 2.23. The van der Waals surface area contributed by atoms with E-state index in [-0.39, 0.29) is 0 Å². The molecule has 0 aromatic carbocycles. The Hall–Kier alpha value is -0.490. The molecule has 0 amide bonds. The van der Waals surface area contributed by atoms with E-state index in [1.54, 1.807) is 13.2 Å². The van der Waals surface area contributed by atoms with Crippen molar-refractivity contribution in [2.45, 2.75) is 6.92 Å². The molecule has 1 rings (SSSR count). The molecule has 1 aliphatic heterocycles. The Bertz CT molecular complexity index is 315. The molecule has 0 aromatic rings. The van der Waals surface area contributed by atoms with Crippen LogP contribution >= 0.6 is 11.8 Å². The Kier molecular flexibility index (Phi) is 2.24. The van der Waals surface area contributed by atoms with E-state index >= 15 is 0 Å². The summed E-state index contributed by atoms with van der Waals surface area (Å²) in [6.07, 6.45) is 1.76. The van der Waals surface area contributed by atoms with Crippen molar-refractivity contribution in [3.63, 3.8) is 0 Å². The standard InChI is InChI=1S/C5H8N2O2S2/c1-4-3-11(8,9)7-5(6-4)10-2/h3H,1-2H3,(H,6,7). The molecule has 0 radical (unpaired) electrons. The molecule has 0 spiro atoms. The predicted octanol–water partition coefficient (Wildman–Crippen LogP) is 0.500. The highest BCUT2D eigenvalue weighted by Gasteiger charge is 2.13. The highest BCUT2D eigenvalue weighted by molar-refractivity contribution is 8.14. The van der Waals surface area contributed by atoms with Gasteiger partial charge in [0.2, 0.25) is 0 Å². The number of amidine groups is 1. The first-order valence-electron chi connectivity index (χ1n) is 2.88. The monoisotopic (exact) mass is 192 g/mol. The second-order valence-corrected chi connectivity index (χ2v) is 4.28. The summed E-state index contributed by atoms with van der Waals surface area (Å²) in [4.78, 5) is 0. The van der Waals surface area contributed by atoms with Gasteiger partial charge in [0, 0.05) is 5.70 Å². The van der Waals surface area contributed by atoms with Crippen molar-refractivity contribution in [3.05, 3.63) is 11.1 Å². The van der Waals surface area contributed by atoms with Gasteiger partial charge in [0.25, 0.3) is 10.0 Å². The van der Waals surface area contributed by atoms with Crippen LogP contribution in [0.1, 0.15) is 6.92 Å². The molecule has 0 bridgehead atoms. The Morgan fingerprint density at radius 2 is 2.27 bits per heavy atom. The molecule has 0 fully saturated rings. The van der Waals surface area contributed by atoms with Gasteiger partial charge in [-0.05, 0) is 13.2 Å². The van der Waals surface area contributed by atoms with Crippen LogP contribution < -0.4 is 5.32 Å². The SMILES string of the molecule is CSC1=NS(=O)(=O)C=C(C)N1. The maximum Gasteiger partial charge on any atom is 0.279 e.